The number of aromatic nitrogens is 1. The SMILES string of the molecule is CCOC(C)(C)CNC(=O)c1ccncc1/C=C/C(=O)O. The van der Waals surface area contributed by atoms with E-state index in [0.717, 1.165) is 6.08 Å². The molecule has 21 heavy (non-hydrogen) atoms. The molecule has 0 aliphatic carbocycles. The van der Waals surface area contributed by atoms with E-state index in [1.54, 1.807) is 6.07 Å². The summed E-state index contributed by atoms with van der Waals surface area (Å²) in [6.07, 6.45) is 5.25. The third-order valence-corrected chi connectivity index (χ3v) is 2.71. The number of carbonyl (C=O) groups is 2. The van der Waals surface area contributed by atoms with Crippen molar-refractivity contribution in [1.29, 1.82) is 0 Å². The van der Waals surface area contributed by atoms with Crippen LogP contribution in [-0.4, -0.2) is 40.7 Å². The van der Waals surface area contributed by atoms with Crippen molar-refractivity contribution in [3.05, 3.63) is 35.7 Å². The molecule has 1 heterocycles. The highest BCUT2D eigenvalue weighted by Crippen LogP contribution is 2.11. The standard InChI is InChI=1S/C15H20N2O4/c1-4-21-15(2,3)10-17-14(20)12-7-8-16-9-11(12)5-6-13(18)19/h5-9H,4,10H2,1-3H3,(H,17,20)(H,18,19)/b6-5+. The molecule has 0 radical (unpaired) electrons. The molecule has 1 rings (SSSR count). The molecule has 0 saturated heterocycles. The number of hydrogen-bond donors (Lipinski definition) is 2. The van der Waals surface area contributed by atoms with E-state index in [9.17, 15) is 9.59 Å². The summed E-state index contributed by atoms with van der Waals surface area (Å²) in [4.78, 5) is 26.6. The van der Waals surface area contributed by atoms with Gasteiger partial charge in [-0.1, -0.05) is 0 Å². The van der Waals surface area contributed by atoms with E-state index in [0.29, 0.717) is 24.3 Å². The van der Waals surface area contributed by atoms with E-state index in [4.69, 9.17) is 9.84 Å². The summed E-state index contributed by atoms with van der Waals surface area (Å²) < 4.78 is 5.51. The Morgan fingerprint density at radius 3 is 2.81 bits per heavy atom. The molecular weight excluding hydrogens is 272 g/mol. The summed E-state index contributed by atoms with van der Waals surface area (Å²) in [5.74, 6) is -1.38. The first-order valence-electron chi connectivity index (χ1n) is 6.63. The first-order chi connectivity index (χ1) is 9.85. The Balaban J connectivity index is 2.81. The Hall–Kier alpha value is -2.21. The molecular formula is C15H20N2O4. The van der Waals surface area contributed by atoms with E-state index in [1.807, 2.05) is 20.8 Å². The Morgan fingerprint density at radius 2 is 2.19 bits per heavy atom. The van der Waals surface area contributed by atoms with Gasteiger partial charge < -0.3 is 15.2 Å². The number of pyridine rings is 1. The summed E-state index contributed by atoms with van der Waals surface area (Å²) in [7, 11) is 0. The summed E-state index contributed by atoms with van der Waals surface area (Å²) in [6.45, 7) is 6.57. The van der Waals surface area contributed by atoms with Crippen molar-refractivity contribution < 1.29 is 19.4 Å². The van der Waals surface area contributed by atoms with Crippen LogP contribution in [0.5, 0.6) is 0 Å². The smallest absolute Gasteiger partial charge is 0.328 e. The van der Waals surface area contributed by atoms with Gasteiger partial charge in [-0.3, -0.25) is 9.78 Å². The van der Waals surface area contributed by atoms with Crippen LogP contribution >= 0.6 is 0 Å². The van der Waals surface area contributed by atoms with Crippen molar-refractivity contribution in [3.63, 3.8) is 0 Å². The number of carboxylic acids is 1. The topological polar surface area (TPSA) is 88.5 Å². The van der Waals surface area contributed by atoms with E-state index >= 15 is 0 Å². The molecule has 0 bridgehead atoms. The molecule has 2 N–H and O–H groups in total. The molecule has 1 aromatic heterocycles. The van der Waals surface area contributed by atoms with Gasteiger partial charge in [0.2, 0.25) is 0 Å². The molecule has 0 aliphatic rings. The average molecular weight is 292 g/mol. The highest BCUT2D eigenvalue weighted by atomic mass is 16.5. The molecule has 0 atom stereocenters. The lowest BCUT2D eigenvalue weighted by atomic mass is 10.1. The average Bonchev–Trinajstić information content (AvgIpc) is 2.43. The van der Waals surface area contributed by atoms with Gasteiger partial charge in [-0.2, -0.15) is 0 Å². The summed E-state index contributed by atoms with van der Waals surface area (Å²) in [6, 6.07) is 1.55. The molecule has 0 aromatic carbocycles. The minimum atomic E-state index is -1.08. The van der Waals surface area contributed by atoms with Crippen LogP contribution in [0.25, 0.3) is 6.08 Å². The van der Waals surface area contributed by atoms with Crippen LogP contribution < -0.4 is 5.32 Å². The number of hydrogen-bond acceptors (Lipinski definition) is 4. The van der Waals surface area contributed by atoms with Crippen molar-refractivity contribution >= 4 is 18.0 Å². The normalized spacial score (nSPS) is 11.6. The number of carbonyl (C=O) groups excluding carboxylic acids is 1. The zero-order valence-corrected chi connectivity index (χ0v) is 12.4. The molecule has 0 aliphatic heterocycles. The molecule has 6 heteroatoms. The fourth-order valence-corrected chi connectivity index (χ4v) is 1.74. The number of nitrogens with zero attached hydrogens (tertiary/aromatic N) is 1. The second kappa shape index (κ2) is 7.54. The lowest BCUT2D eigenvalue weighted by molar-refractivity contribution is -0.131. The maximum Gasteiger partial charge on any atom is 0.328 e. The van der Waals surface area contributed by atoms with E-state index in [1.165, 1.54) is 18.5 Å². The zero-order chi connectivity index (χ0) is 15.9. The summed E-state index contributed by atoms with van der Waals surface area (Å²) >= 11 is 0. The molecule has 114 valence electrons. The van der Waals surface area contributed by atoms with Crippen molar-refractivity contribution in [1.82, 2.24) is 10.3 Å². The third-order valence-electron chi connectivity index (χ3n) is 2.71. The number of carboxylic acid groups (broad SMARTS) is 1. The quantitative estimate of drug-likeness (QED) is 0.747. The molecule has 0 fully saturated rings. The Morgan fingerprint density at radius 1 is 1.48 bits per heavy atom. The van der Waals surface area contributed by atoms with Crippen LogP contribution in [0.4, 0.5) is 0 Å². The molecule has 0 saturated carbocycles. The van der Waals surface area contributed by atoms with Gasteiger partial charge in [0, 0.05) is 42.7 Å². The van der Waals surface area contributed by atoms with Gasteiger partial charge in [0.25, 0.3) is 5.91 Å². The Labute approximate surface area is 123 Å². The lowest BCUT2D eigenvalue weighted by Crippen LogP contribution is -2.40. The molecule has 1 amide bonds. The second-order valence-electron chi connectivity index (χ2n) is 5.01. The monoisotopic (exact) mass is 292 g/mol. The number of amides is 1. The molecule has 0 spiro atoms. The van der Waals surface area contributed by atoms with Gasteiger partial charge in [-0.05, 0) is 32.9 Å². The van der Waals surface area contributed by atoms with Crippen molar-refractivity contribution in [3.8, 4) is 0 Å². The van der Waals surface area contributed by atoms with E-state index < -0.39 is 11.6 Å². The number of rotatable bonds is 7. The van der Waals surface area contributed by atoms with Crippen LogP contribution in [-0.2, 0) is 9.53 Å². The van der Waals surface area contributed by atoms with Crippen LogP contribution in [0.1, 0.15) is 36.7 Å². The predicted molar refractivity (Wildman–Crippen MR) is 78.9 cm³/mol. The van der Waals surface area contributed by atoms with Crippen LogP contribution in [0.15, 0.2) is 24.5 Å². The highest BCUT2D eigenvalue weighted by molar-refractivity contribution is 5.98. The van der Waals surface area contributed by atoms with Gasteiger partial charge in [-0.15, -0.1) is 0 Å². The second-order valence-corrected chi connectivity index (χ2v) is 5.01. The summed E-state index contributed by atoms with van der Waals surface area (Å²) in [5, 5.41) is 11.4. The number of ether oxygens (including phenoxy) is 1. The summed E-state index contributed by atoms with van der Waals surface area (Å²) in [5.41, 5.74) is 0.357. The van der Waals surface area contributed by atoms with Crippen LogP contribution in [0.2, 0.25) is 0 Å². The van der Waals surface area contributed by atoms with Gasteiger partial charge >= 0.3 is 5.97 Å². The Bertz CT molecular complexity index is 538. The zero-order valence-electron chi connectivity index (χ0n) is 12.4. The number of aliphatic carboxylic acids is 1. The van der Waals surface area contributed by atoms with E-state index in [2.05, 4.69) is 10.3 Å². The maximum absolute atomic E-state index is 12.2. The maximum atomic E-state index is 12.2. The fourth-order valence-electron chi connectivity index (χ4n) is 1.74. The van der Waals surface area contributed by atoms with E-state index in [-0.39, 0.29) is 5.91 Å². The van der Waals surface area contributed by atoms with Gasteiger partial charge in [0.05, 0.1) is 5.60 Å². The first-order valence-corrected chi connectivity index (χ1v) is 6.63. The minimum absolute atomic E-state index is 0.296. The van der Waals surface area contributed by atoms with Gasteiger partial charge in [-0.25, -0.2) is 4.79 Å². The van der Waals surface area contributed by atoms with Crippen molar-refractivity contribution in [2.24, 2.45) is 0 Å². The lowest BCUT2D eigenvalue weighted by Gasteiger charge is -2.25. The third kappa shape index (κ3) is 5.74. The predicted octanol–water partition coefficient (Wildman–Crippen LogP) is 1.72. The molecule has 6 nitrogen and oxygen atoms in total. The Kier molecular flexibility index (Phi) is 6.05. The van der Waals surface area contributed by atoms with Crippen molar-refractivity contribution in [2.75, 3.05) is 13.2 Å². The van der Waals surface area contributed by atoms with Crippen LogP contribution in [0, 0.1) is 0 Å². The fraction of sp³-hybridized carbons (Fsp3) is 0.400. The van der Waals surface area contributed by atoms with Gasteiger partial charge in [0.15, 0.2) is 0 Å². The largest absolute Gasteiger partial charge is 0.478 e. The van der Waals surface area contributed by atoms with Gasteiger partial charge in [0.1, 0.15) is 0 Å². The van der Waals surface area contributed by atoms with Crippen LogP contribution in [0.3, 0.4) is 0 Å². The first kappa shape index (κ1) is 16.8. The minimum Gasteiger partial charge on any atom is -0.478 e. The molecule has 0 unspecified atom stereocenters. The number of nitrogens with one attached hydrogen (secondary N) is 1. The highest BCUT2D eigenvalue weighted by Gasteiger charge is 2.19. The molecule has 1 aromatic rings. The van der Waals surface area contributed by atoms with Crippen molar-refractivity contribution in [2.45, 2.75) is 26.4 Å².